The van der Waals surface area contributed by atoms with E-state index in [1.54, 1.807) is 4.68 Å². The van der Waals surface area contributed by atoms with Crippen molar-refractivity contribution in [2.75, 3.05) is 13.6 Å². The number of phenols is 1. The third kappa shape index (κ3) is 4.50. The van der Waals surface area contributed by atoms with Gasteiger partial charge in [-0.25, -0.2) is 4.99 Å². The van der Waals surface area contributed by atoms with Gasteiger partial charge < -0.3 is 15.3 Å². The zero-order chi connectivity index (χ0) is 17.7. The molecule has 130 valence electrons. The minimum atomic E-state index is 0.364. The monoisotopic (exact) mass is 329 g/mol. The average molecular weight is 329 g/mol. The molecule has 0 saturated heterocycles. The fourth-order valence-corrected chi connectivity index (χ4v) is 2.67. The Balaban J connectivity index is 2.12. The number of hydrogen-bond donors (Lipinski definition) is 2. The molecule has 0 radical (unpaired) electrons. The Labute approximate surface area is 143 Å². The van der Waals surface area contributed by atoms with Gasteiger partial charge in [0.25, 0.3) is 0 Å². The van der Waals surface area contributed by atoms with Gasteiger partial charge in [-0.05, 0) is 37.5 Å². The lowest BCUT2D eigenvalue weighted by molar-refractivity contribution is 0.466. The van der Waals surface area contributed by atoms with Crippen LogP contribution in [-0.2, 0) is 20.1 Å². The van der Waals surface area contributed by atoms with Gasteiger partial charge in [0.1, 0.15) is 5.75 Å². The lowest BCUT2D eigenvalue weighted by Gasteiger charge is -2.21. The highest BCUT2D eigenvalue weighted by molar-refractivity contribution is 5.79. The average Bonchev–Trinajstić information content (AvgIpc) is 2.93. The van der Waals surface area contributed by atoms with Crippen molar-refractivity contribution in [3.63, 3.8) is 0 Å². The van der Waals surface area contributed by atoms with Gasteiger partial charge in [0.2, 0.25) is 0 Å². The molecule has 0 aliphatic heterocycles. The fourth-order valence-electron chi connectivity index (χ4n) is 2.67. The molecule has 6 nitrogen and oxygen atoms in total. The molecule has 2 N–H and O–H groups in total. The van der Waals surface area contributed by atoms with Gasteiger partial charge >= 0.3 is 0 Å². The molecule has 1 heterocycles. The Kier molecular flexibility index (Phi) is 5.84. The molecule has 2 rings (SSSR count). The highest BCUT2D eigenvalue weighted by atomic mass is 16.3. The van der Waals surface area contributed by atoms with E-state index in [0.717, 1.165) is 41.3 Å². The molecular weight excluding hydrogens is 302 g/mol. The van der Waals surface area contributed by atoms with Crippen LogP contribution in [-0.4, -0.2) is 39.3 Å². The normalized spacial score (nSPS) is 11.6. The summed E-state index contributed by atoms with van der Waals surface area (Å²) in [7, 11) is 3.93. The van der Waals surface area contributed by atoms with Crippen molar-refractivity contribution in [2.45, 2.75) is 33.9 Å². The summed E-state index contributed by atoms with van der Waals surface area (Å²) in [6.07, 6.45) is 3.87. The summed E-state index contributed by atoms with van der Waals surface area (Å²) in [5.74, 6) is 1.22. The van der Waals surface area contributed by atoms with Gasteiger partial charge in [0.15, 0.2) is 5.96 Å². The Morgan fingerprint density at radius 3 is 2.50 bits per heavy atom. The standard InChI is InChI=1S/C18H27N5O/c1-6-19-18(22(4)11-16-10-21-23(5)12-16)20-9-15-7-13(2)17(24)14(3)8-15/h7-8,10,12,24H,6,9,11H2,1-5H3,(H,19,20). The molecule has 2 aromatic rings. The molecule has 0 fully saturated rings. The number of benzene rings is 1. The van der Waals surface area contributed by atoms with Crippen LogP contribution in [0.4, 0.5) is 0 Å². The summed E-state index contributed by atoms with van der Waals surface area (Å²) < 4.78 is 1.80. The Morgan fingerprint density at radius 2 is 1.96 bits per heavy atom. The van der Waals surface area contributed by atoms with Crippen molar-refractivity contribution >= 4 is 5.96 Å². The van der Waals surface area contributed by atoms with Crippen molar-refractivity contribution in [1.82, 2.24) is 20.0 Å². The molecule has 6 heteroatoms. The summed E-state index contributed by atoms with van der Waals surface area (Å²) in [5, 5.41) is 17.4. The van der Waals surface area contributed by atoms with Gasteiger partial charge in [-0.2, -0.15) is 5.10 Å². The number of aliphatic imine (C=N–C) groups is 1. The Bertz CT molecular complexity index is 697. The largest absolute Gasteiger partial charge is 0.507 e. The predicted molar refractivity (Wildman–Crippen MR) is 97.1 cm³/mol. The van der Waals surface area contributed by atoms with E-state index < -0.39 is 0 Å². The van der Waals surface area contributed by atoms with Crippen LogP contribution in [0.15, 0.2) is 29.5 Å². The summed E-state index contributed by atoms with van der Waals surface area (Å²) >= 11 is 0. The zero-order valence-corrected chi connectivity index (χ0v) is 15.2. The van der Waals surface area contributed by atoms with Crippen LogP contribution in [0.3, 0.4) is 0 Å². The van der Waals surface area contributed by atoms with Crippen molar-refractivity contribution in [3.05, 3.63) is 46.8 Å². The molecule has 0 atom stereocenters. The number of aromatic hydroxyl groups is 1. The molecule has 1 aromatic heterocycles. The van der Waals surface area contributed by atoms with E-state index in [1.807, 2.05) is 52.5 Å². The predicted octanol–water partition coefficient (Wildman–Crippen LogP) is 2.34. The maximum Gasteiger partial charge on any atom is 0.194 e. The number of guanidine groups is 1. The van der Waals surface area contributed by atoms with Crippen LogP contribution >= 0.6 is 0 Å². The molecule has 0 unspecified atom stereocenters. The number of hydrogen-bond acceptors (Lipinski definition) is 3. The van der Waals surface area contributed by atoms with Gasteiger partial charge in [-0.3, -0.25) is 4.68 Å². The third-order valence-electron chi connectivity index (χ3n) is 3.84. The molecule has 0 bridgehead atoms. The molecule has 0 spiro atoms. The number of aromatic nitrogens is 2. The summed E-state index contributed by atoms with van der Waals surface area (Å²) in [5.41, 5.74) is 4.00. The number of rotatable bonds is 5. The number of phenolic OH excluding ortho intramolecular Hbond substituents is 1. The van der Waals surface area contributed by atoms with E-state index in [9.17, 15) is 5.11 Å². The lowest BCUT2D eigenvalue weighted by atomic mass is 10.1. The number of nitrogens with zero attached hydrogens (tertiary/aromatic N) is 4. The molecule has 0 amide bonds. The second-order valence-electron chi connectivity index (χ2n) is 6.13. The van der Waals surface area contributed by atoms with Crippen LogP contribution in [0.1, 0.15) is 29.2 Å². The molecule has 1 aromatic carbocycles. The minimum absolute atomic E-state index is 0.364. The van der Waals surface area contributed by atoms with E-state index in [4.69, 9.17) is 4.99 Å². The maximum atomic E-state index is 9.88. The number of aryl methyl sites for hydroxylation is 3. The zero-order valence-electron chi connectivity index (χ0n) is 15.2. The summed E-state index contributed by atoms with van der Waals surface area (Å²) in [6, 6.07) is 3.97. The first-order valence-corrected chi connectivity index (χ1v) is 8.16. The first kappa shape index (κ1) is 17.8. The quantitative estimate of drug-likeness (QED) is 0.653. The molecular formula is C18H27N5O. The van der Waals surface area contributed by atoms with Gasteiger partial charge in [-0.15, -0.1) is 0 Å². The first-order valence-electron chi connectivity index (χ1n) is 8.16. The van der Waals surface area contributed by atoms with Crippen molar-refractivity contribution < 1.29 is 5.11 Å². The topological polar surface area (TPSA) is 65.7 Å². The van der Waals surface area contributed by atoms with Crippen molar-refractivity contribution in [1.29, 1.82) is 0 Å². The highest BCUT2D eigenvalue weighted by Gasteiger charge is 2.08. The van der Waals surface area contributed by atoms with E-state index >= 15 is 0 Å². The molecule has 0 aliphatic carbocycles. The highest BCUT2D eigenvalue weighted by Crippen LogP contribution is 2.23. The summed E-state index contributed by atoms with van der Waals surface area (Å²) in [6.45, 7) is 8.01. The lowest BCUT2D eigenvalue weighted by Crippen LogP contribution is -2.38. The Hall–Kier alpha value is -2.50. The second-order valence-corrected chi connectivity index (χ2v) is 6.13. The molecule has 0 saturated carbocycles. The van der Waals surface area contributed by atoms with Crippen LogP contribution in [0.25, 0.3) is 0 Å². The van der Waals surface area contributed by atoms with Crippen LogP contribution in [0, 0.1) is 13.8 Å². The molecule has 0 aliphatic rings. The summed E-state index contributed by atoms with van der Waals surface area (Å²) in [4.78, 5) is 6.81. The van der Waals surface area contributed by atoms with Crippen molar-refractivity contribution in [3.8, 4) is 5.75 Å². The van der Waals surface area contributed by atoms with Crippen LogP contribution in [0.5, 0.6) is 5.75 Å². The number of nitrogens with one attached hydrogen (secondary N) is 1. The Morgan fingerprint density at radius 1 is 1.29 bits per heavy atom. The van der Waals surface area contributed by atoms with Crippen LogP contribution < -0.4 is 5.32 Å². The van der Waals surface area contributed by atoms with Gasteiger partial charge in [-0.1, -0.05) is 12.1 Å². The van der Waals surface area contributed by atoms with Crippen LogP contribution in [0.2, 0.25) is 0 Å². The fraction of sp³-hybridized carbons (Fsp3) is 0.444. The van der Waals surface area contributed by atoms with E-state index in [2.05, 4.69) is 22.2 Å². The first-order chi connectivity index (χ1) is 11.4. The maximum absolute atomic E-state index is 9.88. The third-order valence-corrected chi connectivity index (χ3v) is 3.84. The minimum Gasteiger partial charge on any atom is -0.507 e. The van der Waals surface area contributed by atoms with E-state index in [1.165, 1.54) is 0 Å². The van der Waals surface area contributed by atoms with Gasteiger partial charge in [0, 0.05) is 38.9 Å². The SMILES string of the molecule is CCNC(=NCc1cc(C)c(O)c(C)c1)N(C)Cc1cnn(C)c1. The smallest absolute Gasteiger partial charge is 0.194 e. The molecule has 24 heavy (non-hydrogen) atoms. The van der Waals surface area contributed by atoms with E-state index in [-0.39, 0.29) is 0 Å². The second kappa shape index (κ2) is 7.86. The van der Waals surface area contributed by atoms with Crippen molar-refractivity contribution in [2.24, 2.45) is 12.0 Å². The van der Waals surface area contributed by atoms with Gasteiger partial charge in [0.05, 0.1) is 12.7 Å². The van der Waals surface area contributed by atoms with E-state index in [0.29, 0.717) is 12.3 Å².